The fourth-order valence-corrected chi connectivity index (χ4v) is 1.74. The van der Waals surface area contributed by atoms with Gasteiger partial charge in [-0.3, -0.25) is 0 Å². The molecule has 13 heavy (non-hydrogen) atoms. The molecular weight excluding hydrogens is 180 g/mol. The summed E-state index contributed by atoms with van der Waals surface area (Å²) in [7, 11) is 0. The molecule has 0 N–H and O–H groups in total. The Labute approximate surface area is 85.9 Å². The van der Waals surface area contributed by atoms with Gasteiger partial charge in [-0.15, -0.1) is 0 Å². The maximum absolute atomic E-state index is 5.81. The smallest absolute Gasteiger partial charge is 0.0406 e. The SMILES string of the molecule is CCC[C@@H](C)Cc1ccc(Cl)cc1. The van der Waals surface area contributed by atoms with Gasteiger partial charge in [0.1, 0.15) is 0 Å². The van der Waals surface area contributed by atoms with Gasteiger partial charge < -0.3 is 0 Å². The molecule has 1 aromatic carbocycles. The van der Waals surface area contributed by atoms with Crippen LogP contribution in [0.4, 0.5) is 0 Å². The van der Waals surface area contributed by atoms with Crippen LogP contribution in [0.15, 0.2) is 24.3 Å². The molecular formula is C12H17Cl. The summed E-state index contributed by atoms with van der Waals surface area (Å²) in [5.41, 5.74) is 1.39. The molecule has 0 spiro atoms. The van der Waals surface area contributed by atoms with Crippen molar-refractivity contribution in [1.29, 1.82) is 0 Å². The lowest BCUT2D eigenvalue weighted by atomic mass is 9.97. The summed E-state index contributed by atoms with van der Waals surface area (Å²) in [4.78, 5) is 0. The maximum Gasteiger partial charge on any atom is 0.0406 e. The predicted octanol–water partition coefficient (Wildman–Crippen LogP) is 4.32. The van der Waals surface area contributed by atoms with Crippen LogP contribution < -0.4 is 0 Å². The van der Waals surface area contributed by atoms with Crippen molar-refractivity contribution < 1.29 is 0 Å². The van der Waals surface area contributed by atoms with Gasteiger partial charge >= 0.3 is 0 Å². The van der Waals surface area contributed by atoms with Gasteiger partial charge in [0.2, 0.25) is 0 Å². The average Bonchev–Trinajstić information content (AvgIpc) is 2.09. The van der Waals surface area contributed by atoms with Crippen molar-refractivity contribution in [3.63, 3.8) is 0 Å². The second-order valence-electron chi connectivity index (χ2n) is 3.72. The summed E-state index contributed by atoms with van der Waals surface area (Å²) in [6.07, 6.45) is 3.75. The topological polar surface area (TPSA) is 0 Å². The first-order valence-corrected chi connectivity index (χ1v) is 5.34. The van der Waals surface area contributed by atoms with Crippen molar-refractivity contribution in [2.45, 2.75) is 33.1 Å². The zero-order valence-electron chi connectivity index (χ0n) is 8.39. The molecule has 0 aliphatic rings. The van der Waals surface area contributed by atoms with Crippen LogP contribution in [-0.2, 0) is 6.42 Å². The highest BCUT2D eigenvalue weighted by Crippen LogP contribution is 2.15. The molecule has 0 aromatic heterocycles. The van der Waals surface area contributed by atoms with Crippen molar-refractivity contribution in [3.8, 4) is 0 Å². The first kappa shape index (κ1) is 10.6. The van der Waals surface area contributed by atoms with Crippen LogP contribution in [0.3, 0.4) is 0 Å². The van der Waals surface area contributed by atoms with Gasteiger partial charge in [0.25, 0.3) is 0 Å². The molecule has 0 heterocycles. The third-order valence-electron chi connectivity index (χ3n) is 2.28. The molecule has 0 amide bonds. The van der Waals surface area contributed by atoms with Crippen molar-refractivity contribution in [3.05, 3.63) is 34.9 Å². The molecule has 1 aromatic rings. The van der Waals surface area contributed by atoms with Gasteiger partial charge in [-0.1, -0.05) is 50.4 Å². The number of rotatable bonds is 4. The maximum atomic E-state index is 5.81. The Morgan fingerprint density at radius 2 is 1.85 bits per heavy atom. The molecule has 0 nitrogen and oxygen atoms in total. The zero-order chi connectivity index (χ0) is 9.68. The lowest BCUT2D eigenvalue weighted by Gasteiger charge is -2.09. The molecule has 0 aliphatic heterocycles. The Morgan fingerprint density at radius 3 is 2.38 bits per heavy atom. The summed E-state index contributed by atoms with van der Waals surface area (Å²) in [6, 6.07) is 8.17. The first-order valence-electron chi connectivity index (χ1n) is 4.96. The van der Waals surface area contributed by atoms with Crippen LogP contribution in [0.5, 0.6) is 0 Å². The van der Waals surface area contributed by atoms with Gasteiger partial charge in [0.15, 0.2) is 0 Å². The van der Waals surface area contributed by atoms with E-state index in [9.17, 15) is 0 Å². The van der Waals surface area contributed by atoms with E-state index in [2.05, 4.69) is 26.0 Å². The summed E-state index contributed by atoms with van der Waals surface area (Å²) >= 11 is 5.81. The van der Waals surface area contributed by atoms with Crippen molar-refractivity contribution in [2.75, 3.05) is 0 Å². The highest BCUT2D eigenvalue weighted by molar-refractivity contribution is 6.30. The highest BCUT2D eigenvalue weighted by Gasteiger charge is 2.01. The standard InChI is InChI=1S/C12H17Cl/c1-3-4-10(2)9-11-5-7-12(13)8-6-11/h5-8,10H,3-4,9H2,1-2H3/t10-/m1/s1. The third-order valence-corrected chi connectivity index (χ3v) is 2.53. The van der Waals surface area contributed by atoms with Crippen molar-refractivity contribution >= 4 is 11.6 Å². The third kappa shape index (κ3) is 3.82. The summed E-state index contributed by atoms with van der Waals surface area (Å²) < 4.78 is 0. The van der Waals surface area contributed by atoms with Gasteiger partial charge in [-0.2, -0.15) is 0 Å². The van der Waals surface area contributed by atoms with Gasteiger partial charge in [-0.05, 0) is 30.0 Å². The molecule has 1 rings (SSSR count). The van der Waals surface area contributed by atoms with E-state index in [1.807, 2.05) is 12.1 Å². The van der Waals surface area contributed by atoms with Crippen LogP contribution in [0.2, 0.25) is 5.02 Å². The van der Waals surface area contributed by atoms with Gasteiger partial charge in [0.05, 0.1) is 0 Å². The molecule has 72 valence electrons. The summed E-state index contributed by atoms with van der Waals surface area (Å²) in [5, 5.41) is 0.826. The van der Waals surface area contributed by atoms with E-state index in [1.165, 1.54) is 24.8 Å². The number of benzene rings is 1. The fourth-order valence-electron chi connectivity index (χ4n) is 1.62. The van der Waals surface area contributed by atoms with E-state index >= 15 is 0 Å². The Balaban J connectivity index is 2.49. The summed E-state index contributed by atoms with van der Waals surface area (Å²) in [6.45, 7) is 4.54. The molecule has 0 unspecified atom stereocenters. The minimum atomic E-state index is 0.783. The molecule has 0 saturated carbocycles. The Morgan fingerprint density at radius 1 is 1.23 bits per heavy atom. The second kappa shape index (κ2) is 5.29. The van der Waals surface area contributed by atoms with Crippen LogP contribution in [0.25, 0.3) is 0 Å². The molecule has 1 heteroatoms. The Bertz CT molecular complexity index is 238. The van der Waals surface area contributed by atoms with Crippen LogP contribution >= 0.6 is 11.6 Å². The van der Waals surface area contributed by atoms with Crippen molar-refractivity contribution in [1.82, 2.24) is 0 Å². The summed E-state index contributed by atoms with van der Waals surface area (Å²) in [5.74, 6) is 0.783. The number of halogens is 1. The molecule has 1 atom stereocenters. The van der Waals surface area contributed by atoms with Gasteiger partial charge in [0, 0.05) is 5.02 Å². The van der Waals surface area contributed by atoms with E-state index in [4.69, 9.17) is 11.6 Å². The molecule has 0 fully saturated rings. The highest BCUT2D eigenvalue weighted by atomic mass is 35.5. The van der Waals surface area contributed by atoms with E-state index in [-0.39, 0.29) is 0 Å². The number of hydrogen-bond donors (Lipinski definition) is 0. The van der Waals surface area contributed by atoms with E-state index in [0.717, 1.165) is 10.9 Å². The lowest BCUT2D eigenvalue weighted by molar-refractivity contribution is 0.522. The normalized spacial score (nSPS) is 12.8. The minimum Gasteiger partial charge on any atom is -0.0843 e. The quantitative estimate of drug-likeness (QED) is 0.673. The van der Waals surface area contributed by atoms with Gasteiger partial charge in [-0.25, -0.2) is 0 Å². The Hall–Kier alpha value is -0.490. The monoisotopic (exact) mass is 196 g/mol. The second-order valence-corrected chi connectivity index (χ2v) is 4.16. The van der Waals surface area contributed by atoms with Crippen LogP contribution in [-0.4, -0.2) is 0 Å². The molecule has 0 bridgehead atoms. The lowest BCUT2D eigenvalue weighted by Crippen LogP contribution is -1.98. The largest absolute Gasteiger partial charge is 0.0843 e. The Kier molecular flexibility index (Phi) is 4.31. The van der Waals surface area contributed by atoms with E-state index in [1.54, 1.807) is 0 Å². The zero-order valence-corrected chi connectivity index (χ0v) is 9.14. The van der Waals surface area contributed by atoms with Crippen molar-refractivity contribution in [2.24, 2.45) is 5.92 Å². The molecule has 0 aliphatic carbocycles. The van der Waals surface area contributed by atoms with Crippen LogP contribution in [0.1, 0.15) is 32.3 Å². The van der Waals surface area contributed by atoms with E-state index in [0.29, 0.717) is 0 Å². The molecule has 0 saturated heterocycles. The molecule has 0 radical (unpaired) electrons. The fraction of sp³-hybridized carbons (Fsp3) is 0.500. The predicted molar refractivity (Wildman–Crippen MR) is 59.2 cm³/mol. The van der Waals surface area contributed by atoms with E-state index < -0.39 is 0 Å². The minimum absolute atomic E-state index is 0.783. The number of hydrogen-bond acceptors (Lipinski definition) is 0. The van der Waals surface area contributed by atoms with Crippen LogP contribution in [0, 0.1) is 5.92 Å². The average molecular weight is 197 g/mol. The first-order chi connectivity index (χ1) is 6.22.